The largest absolute Gasteiger partial charge is 0.478 e. The molecule has 122 valence electrons. The minimum Gasteiger partial charge on any atom is -0.478 e. The van der Waals surface area contributed by atoms with Crippen molar-refractivity contribution in [2.24, 2.45) is 0 Å². The summed E-state index contributed by atoms with van der Waals surface area (Å²) < 4.78 is 57.0. The van der Waals surface area contributed by atoms with Gasteiger partial charge >= 0.3 is 12.1 Å². The predicted molar refractivity (Wildman–Crippen MR) is 75.1 cm³/mol. The van der Waals surface area contributed by atoms with Gasteiger partial charge in [0.15, 0.2) is 11.6 Å². The SMILES string of the molecule is Cc1c(C(=O)O)cc(F)c(Oc2ccnc(C(F)(F)F)c2)c1Br. The highest BCUT2D eigenvalue weighted by Gasteiger charge is 2.33. The number of carboxylic acids is 1. The van der Waals surface area contributed by atoms with E-state index in [9.17, 15) is 22.4 Å². The van der Waals surface area contributed by atoms with E-state index in [0.717, 1.165) is 18.3 Å². The van der Waals surface area contributed by atoms with Crippen LogP contribution in [0.4, 0.5) is 17.6 Å². The maximum atomic E-state index is 14.0. The molecule has 0 saturated carbocycles. The van der Waals surface area contributed by atoms with Crippen molar-refractivity contribution in [2.45, 2.75) is 13.1 Å². The van der Waals surface area contributed by atoms with Crippen LogP contribution in [-0.4, -0.2) is 16.1 Å². The maximum Gasteiger partial charge on any atom is 0.433 e. The second kappa shape index (κ2) is 6.15. The highest BCUT2D eigenvalue weighted by molar-refractivity contribution is 9.10. The minimum absolute atomic E-state index is 0.000251. The zero-order valence-corrected chi connectivity index (χ0v) is 13.0. The van der Waals surface area contributed by atoms with Gasteiger partial charge in [-0.15, -0.1) is 0 Å². The lowest BCUT2D eigenvalue weighted by molar-refractivity contribution is -0.141. The van der Waals surface area contributed by atoms with E-state index in [1.807, 2.05) is 0 Å². The first kappa shape index (κ1) is 17.2. The van der Waals surface area contributed by atoms with E-state index in [1.54, 1.807) is 0 Å². The first-order chi connectivity index (χ1) is 10.6. The molecule has 0 fully saturated rings. The smallest absolute Gasteiger partial charge is 0.433 e. The fourth-order valence-electron chi connectivity index (χ4n) is 1.76. The molecule has 23 heavy (non-hydrogen) atoms. The van der Waals surface area contributed by atoms with Crippen molar-refractivity contribution < 1.29 is 32.2 Å². The van der Waals surface area contributed by atoms with Gasteiger partial charge in [-0.05, 0) is 40.5 Å². The van der Waals surface area contributed by atoms with Gasteiger partial charge in [-0.3, -0.25) is 4.98 Å². The number of aromatic nitrogens is 1. The quantitative estimate of drug-likeness (QED) is 0.760. The number of ether oxygens (including phenoxy) is 1. The van der Waals surface area contributed by atoms with Crippen LogP contribution in [0, 0.1) is 12.7 Å². The molecular formula is C14H8BrF4NO3. The highest BCUT2D eigenvalue weighted by atomic mass is 79.9. The summed E-state index contributed by atoms with van der Waals surface area (Å²) in [6, 6.07) is 2.48. The first-order valence-electron chi connectivity index (χ1n) is 6.04. The van der Waals surface area contributed by atoms with Crippen molar-refractivity contribution in [3.63, 3.8) is 0 Å². The molecule has 0 saturated heterocycles. The van der Waals surface area contributed by atoms with Gasteiger partial charge in [0, 0.05) is 12.3 Å². The van der Waals surface area contributed by atoms with Gasteiger partial charge in [-0.2, -0.15) is 13.2 Å². The number of rotatable bonds is 3. The lowest BCUT2D eigenvalue weighted by Gasteiger charge is -2.13. The summed E-state index contributed by atoms with van der Waals surface area (Å²) in [6.07, 6.45) is -3.79. The molecule has 0 aliphatic heterocycles. The maximum absolute atomic E-state index is 14.0. The molecular weight excluding hydrogens is 386 g/mol. The molecule has 0 aliphatic rings. The third kappa shape index (κ3) is 3.61. The van der Waals surface area contributed by atoms with Crippen molar-refractivity contribution >= 4 is 21.9 Å². The van der Waals surface area contributed by atoms with Crippen LogP contribution in [0.1, 0.15) is 21.6 Å². The number of alkyl halides is 3. The zero-order valence-electron chi connectivity index (χ0n) is 11.4. The summed E-state index contributed by atoms with van der Waals surface area (Å²) in [6.45, 7) is 1.41. The molecule has 9 heteroatoms. The van der Waals surface area contributed by atoms with E-state index in [4.69, 9.17) is 9.84 Å². The van der Waals surface area contributed by atoms with Crippen LogP contribution in [-0.2, 0) is 6.18 Å². The van der Waals surface area contributed by atoms with Crippen LogP contribution in [0.2, 0.25) is 0 Å². The third-order valence-corrected chi connectivity index (χ3v) is 3.85. The van der Waals surface area contributed by atoms with E-state index in [-0.39, 0.29) is 21.3 Å². The van der Waals surface area contributed by atoms with Crippen molar-refractivity contribution in [3.05, 3.63) is 51.5 Å². The predicted octanol–water partition coefficient (Wildman–Crippen LogP) is 4.80. The molecule has 2 rings (SSSR count). The Morgan fingerprint density at radius 2 is 2.00 bits per heavy atom. The fraction of sp³-hybridized carbons (Fsp3) is 0.143. The normalized spacial score (nSPS) is 11.4. The number of carbonyl (C=O) groups is 1. The summed E-state index contributed by atoms with van der Waals surface area (Å²) in [7, 11) is 0. The molecule has 0 atom stereocenters. The lowest BCUT2D eigenvalue weighted by Crippen LogP contribution is -2.08. The number of benzene rings is 1. The zero-order chi connectivity index (χ0) is 17.4. The molecule has 0 amide bonds. The van der Waals surface area contributed by atoms with Gasteiger partial charge in [0.1, 0.15) is 11.4 Å². The number of nitrogens with zero attached hydrogens (tertiary/aromatic N) is 1. The van der Waals surface area contributed by atoms with Gasteiger partial charge in [0.2, 0.25) is 0 Å². The molecule has 0 spiro atoms. The molecule has 1 aromatic heterocycles. The third-order valence-electron chi connectivity index (χ3n) is 2.89. The van der Waals surface area contributed by atoms with Crippen molar-refractivity contribution in [3.8, 4) is 11.5 Å². The van der Waals surface area contributed by atoms with E-state index in [2.05, 4.69) is 20.9 Å². The highest BCUT2D eigenvalue weighted by Crippen LogP contribution is 2.38. The van der Waals surface area contributed by atoms with Gasteiger partial charge in [0.25, 0.3) is 0 Å². The molecule has 1 N–H and O–H groups in total. The Balaban J connectivity index is 2.46. The molecule has 1 heterocycles. The van der Waals surface area contributed by atoms with Gasteiger partial charge in [-0.1, -0.05) is 0 Å². The molecule has 0 radical (unpaired) electrons. The van der Waals surface area contributed by atoms with E-state index >= 15 is 0 Å². The summed E-state index contributed by atoms with van der Waals surface area (Å²) in [5.74, 6) is -3.05. The first-order valence-corrected chi connectivity index (χ1v) is 6.83. The number of halogens is 5. The van der Waals surface area contributed by atoms with E-state index in [1.165, 1.54) is 6.92 Å². The Hall–Kier alpha value is -2.16. The van der Waals surface area contributed by atoms with Crippen molar-refractivity contribution in [1.29, 1.82) is 0 Å². The van der Waals surface area contributed by atoms with Crippen LogP contribution in [0.5, 0.6) is 11.5 Å². The van der Waals surface area contributed by atoms with Crippen LogP contribution in [0.3, 0.4) is 0 Å². The standard InChI is InChI=1S/C14H8BrF4NO3/c1-6-8(13(21)22)5-9(16)12(11(6)15)23-7-2-3-20-10(4-7)14(17,18)19/h2-5H,1H3,(H,21,22). The second-order valence-corrected chi connectivity index (χ2v) is 5.25. The van der Waals surface area contributed by atoms with Crippen LogP contribution in [0.15, 0.2) is 28.9 Å². The van der Waals surface area contributed by atoms with Crippen LogP contribution in [0.25, 0.3) is 0 Å². The molecule has 1 aromatic carbocycles. The van der Waals surface area contributed by atoms with Gasteiger partial charge < -0.3 is 9.84 Å². The van der Waals surface area contributed by atoms with Crippen molar-refractivity contribution in [1.82, 2.24) is 4.98 Å². The average Bonchev–Trinajstić information content (AvgIpc) is 2.46. The Labute approximate surface area is 135 Å². The molecule has 0 aliphatic carbocycles. The summed E-state index contributed by atoms with van der Waals surface area (Å²) in [4.78, 5) is 14.2. The second-order valence-electron chi connectivity index (χ2n) is 4.46. The Morgan fingerprint density at radius 1 is 1.35 bits per heavy atom. The summed E-state index contributed by atoms with van der Waals surface area (Å²) >= 11 is 3.00. The topological polar surface area (TPSA) is 59.4 Å². The number of carboxylic acid groups (broad SMARTS) is 1. The van der Waals surface area contributed by atoms with E-state index < -0.39 is 29.4 Å². The van der Waals surface area contributed by atoms with Crippen LogP contribution < -0.4 is 4.74 Å². The minimum atomic E-state index is -4.67. The molecule has 2 aromatic rings. The van der Waals surface area contributed by atoms with Gasteiger partial charge in [0.05, 0.1) is 10.0 Å². The van der Waals surface area contributed by atoms with E-state index in [0.29, 0.717) is 6.07 Å². The number of pyridine rings is 1. The Bertz CT molecular complexity index is 777. The monoisotopic (exact) mass is 393 g/mol. The summed E-state index contributed by atoms with van der Waals surface area (Å²) in [5, 5.41) is 8.96. The summed E-state index contributed by atoms with van der Waals surface area (Å²) in [5.41, 5.74) is -1.29. The molecule has 0 bridgehead atoms. The average molecular weight is 394 g/mol. The van der Waals surface area contributed by atoms with Gasteiger partial charge in [-0.25, -0.2) is 9.18 Å². The van der Waals surface area contributed by atoms with Crippen molar-refractivity contribution in [2.75, 3.05) is 0 Å². The number of aromatic carboxylic acids is 1. The Kier molecular flexibility index (Phi) is 4.60. The molecule has 4 nitrogen and oxygen atoms in total. The fourth-order valence-corrected chi connectivity index (χ4v) is 2.24. The number of hydrogen-bond donors (Lipinski definition) is 1. The lowest BCUT2D eigenvalue weighted by atomic mass is 10.1. The van der Waals surface area contributed by atoms with Crippen LogP contribution >= 0.6 is 15.9 Å². The Morgan fingerprint density at radius 3 is 2.57 bits per heavy atom. The number of hydrogen-bond acceptors (Lipinski definition) is 3. The molecule has 0 unspecified atom stereocenters.